The van der Waals surface area contributed by atoms with Crippen molar-refractivity contribution in [3.8, 4) is 5.75 Å². The summed E-state index contributed by atoms with van der Waals surface area (Å²) in [6, 6.07) is 13.3. The van der Waals surface area contributed by atoms with Crippen LogP contribution in [0.3, 0.4) is 0 Å². The lowest BCUT2D eigenvalue weighted by Gasteiger charge is -2.31. The first kappa shape index (κ1) is 24.4. The van der Waals surface area contributed by atoms with Crippen molar-refractivity contribution in [1.82, 2.24) is 10.2 Å². The van der Waals surface area contributed by atoms with Crippen molar-refractivity contribution in [1.29, 1.82) is 0 Å². The SMILES string of the molecule is CC[C@H](C(=O)NCC(C)C)N(Cc1ccccc1C)C(=O)COc1cc(C)cc(C)c1. The van der Waals surface area contributed by atoms with Gasteiger partial charge >= 0.3 is 0 Å². The summed E-state index contributed by atoms with van der Waals surface area (Å²) in [5.74, 6) is 0.687. The average Bonchev–Trinajstić information content (AvgIpc) is 2.71. The molecule has 2 amide bonds. The van der Waals surface area contributed by atoms with Crippen LogP contribution in [0.2, 0.25) is 0 Å². The van der Waals surface area contributed by atoms with Gasteiger partial charge in [-0.3, -0.25) is 9.59 Å². The number of nitrogens with zero attached hydrogens (tertiary/aromatic N) is 1. The minimum absolute atomic E-state index is 0.108. The molecule has 5 heteroatoms. The molecule has 0 saturated carbocycles. The van der Waals surface area contributed by atoms with Crippen LogP contribution in [0.25, 0.3) is 0 Å². The molecule has 0 aliphatic heterocycles. The molecule has 1 atom stereocenters. The second-order valence-electron chi connectivity index (χ2n) is 8.62. The summed E-state index contributed by atoms with van der Waals surface area (Å²) in [6.45, 7) is 12.9. The van der Waals surface area contributed by atoms with Crippen LogP contribution in [-0.2, 0) is 16.1 Å². The molecule has 2 aromatic rings. The molecule has 5 nitrogen and oxygen atoms in total. The van der Waals surface area contributed by atoms with Gasteiger partial charge in [0.25, 0.3) is 5.91 Å². The quantitative estimate of drug-likeness (QED) is 0.608. The van der Waals surface area contributed by atoms with Crippen molar-refractivity contribution in [2.45, 2.75) is 60.5 Å². The Morgan fingerprint density at radius 2 is 1.68 bits per heavy atom. The van der Waals surface area contributed by atoms with E-state index in [0.717, 1.165) is 22.3 Å². The Morgan fingerprint density at radius 1 is 1.03 bits per heavy atom. The Bertz CT molecular complexity index is 872. The number of ether oxygens (including phenoxy) is 1. The van der Waals surface area contributed by atoms with Gasteiger partial charge in [0.1, 0.15) is 11.8 Å². The first-order valence-corrected chi connectivity index (χ1v) is 11.0. The van der Waals surface area contributed by atoms with Crippen molar-refractivity contribution in [2.24, 2.45) is 5.92 Å². The third-order valence-corrected chi connectivity index (χ3v) is 5.23. The molecular formula is C26H36N2O3. The van der Waals surface area contributed by atoms with Crippen LogP contribution >= 0.6 is 0 Å². The minimum Gasteiger partial charge on any atom is -0.484 e. The maximum absolute atomic E-state index is 13.3. The van der Waals surface area contributed by atoms with E-state index in [1.54, 1.807) is 4.90 Å². The molecule has 0 spiro atoms. The lowest BCUT2D eigenvalue weighted by Crippen LogP contribution is -2.50. The number of carbonyl (C=O) groups excluding carboxylic acids is 2. The fourth-order valence-electron chi connectivity index (χ4n) is 3.56. The molecule has 0 aliphatic rings. The van der Waals surface area contributed by atoms with Crippen molar-refractivity contribution in [3.05, 3.63) is 64.7 Å². The first-order chi connectivity index (χ1) is 14.7. The molecule has 168 valence electrons. The molecule has 2 rings (SSSR count). The van der Waals surface area contributed by atoms with Crippen LogP contribution in [-0.4, -0.2) is 35.9 Å². The monoisotopic (exact) mass is 424 g/mol. The largest absolute Gasteiger partial charge is 0.484 e. The Labute approximate surface area is 186 Å². The van der Waals surface area contributed by atoms with Crippen LogP contribution in [0.1, 0.15) is 49.4 Å². The van der Waals surface area contributed by atoms with E-state index in [0.29, 0.717) is 31.2 Å². The van der Waals surface area contributed by atoms with Gasteiger partial charge in [-0.2, -0.15) is 0 Å². The van der Waals surface area contributed by atoms with E-state index in [-0.39, 0.29) is 18.4 Å². The molecule has 0 saturated heterocycles. The number of benzene rings is 2. The van der Waals surface area contributed by atoms with Gasteiger partial charge in [-0.05, 0) is 67.5 Å². The van der Waals surface area contributed by atoms with Crippen molar-refractivity contribution in [3.63, 3.8) is 0 Å². The normalized spacial score (nSPS) is 11.8. The smallest absolute Gasteiger partial charge is 0.261 e. The fourth-order valence-corrected chi connectivity index (χ4v) is 3.56. The molecule has 2 aromatic carbocycles. The Hall–Kier alpha value is -2.82. The van der Waals surface area contributed by atoms with Crippen LogP contribution in [0.4, 0.5) is 0 Å². The van der Waals surface area contributed by atoms with Gasteiger partial charge in [-0.25, -0.2) is 0 Å². The topological polar surface area (TPSA) is 58.6 Å². The predicted molar refractivity (Wildman–Crippen MR) is 125 cm³/mol. The van der Waals surface area contributed by atoms with E-state index in [1.165, 1.54) is 0 Å². The number of nitrogens with one attached hydrogen (secondary N) is 1. The summed E-state index contributed by atoms with van der Waals surface area (Å²) >= 11 is 0. The van der Waals surface area contributed by atoms with E-state index in [4.69, 9.17) is 4.74 Å². The Kier molecular flexibility index (Phi) is 9.10. The third-order valence-electron chi connectivity index (χ3n) is 5.23. The van der Waals surface area contributed by atoms with Gasteiger partial charge in [0.15, 0.2) is 6.61 Å². The first-order valence-electron chi connectivity index (χ1n) is 11.0. The Balaban J connectivity index is 2.23. The van der Waals surface area contributed by atoms with Gasteiger partial charge in [0.2, 0.25) is 5.91 Å². The number of carbonyl (C=O) groups is 2. The second kappa shape index (κ2) is 11.5. The summed E-state index contributed by atoms with van der Waals surface area (Å²) in [7, 11) is 0. The van der Waals surface area contributed by atoms with Crippen molar-refractivity contribution >= 4 is 11.8 Å². The van der Waals surface area contributed by atoms with E-state index >= 15 is 0 Å². The average molecular weight is 425 g/mol. The maximum atomic E-state index is 13.3. The van der Waals surface area contributed by atoms with E-state index in [1.807, 2.05) is 64.1 Å². The van der Waals surface area contributed by atoms with Gasteiger partial charge in [-0.1, -0.05) is 51.1 Å². The third kappa shape index (κ3) is 7.42. The van der Waals surface area contributed by atoms with Gasteiger partial charge < -0.3 is 15.0 Å². The van der Waals surface area contributed by atoms with Crippen molar-refractivity contribution in [2.75, 3.05) is 13.2 Å². The molecule has 1 N–H and O–H groups in total. The Morgan fingerprint density at radius 3 is 2.26 bits per heavy atom. The molecular weight excluding hydrogens is 388 g/mol. The van der Waals surface area contributed by atoms with Crippen LogP contribution in [0.15, 0.2) is 42.5 Å². The molecule has 0 aromatic heterocycles. The summed E-state index contributed by atoms with van der Waals surface area (Å²) in [5.41, 5.74) is 4.28. The second-order valence-corrected chi connectivity index (χ2v) is 8.62. The zero-order valence-electron chi connectivity index (χ0n) is 19.7. The molecule has 0 radical (unpaired) electrons. The van der Waals surface area contributed by atoms with Gasteiger partial charge in [0.05, 0.1) is 0 Å². The summed E-state index contributed by atoms with van der Waals surface area (Å²) < 4.78 is 5.83. The highest BCUT2D eigenvalue weighted by Gasteiger charge is 2.29. The number of amides is 2. The lowest BCUT2D eigenvalue weighted by molar-refractivity contribution is -0.143. The fraction of sp³-hybridized carbons (Fsp3) is 0.462. The molecule has 0 aliphatic carbocycles. The standard InChI is InChI=1S/C26H36N2O3/c1-7-24(26(30)27-15-18(2)3)28(16-22-11-9-8-10-21(22)6)25(29)17-31-23-13-19(4)12-20(5)14-23/h8-14,18,24H,7,15-17H2,1-6H3,(H,27,30)/t24-/m1/s1. The predicted octanol–water partition coefficient (Wildman–Crippen LogP) is 4.57. The number of hydrogen-bond donors (Lipinski definition) is 1. The highest BCUT2D eigenvalue weighted by atomic mass is 16.5. The molecule has 0 bridgehead atoms. The zero-order valence-corrected chi connectivity index (χ0v) is 19.7. The number of hydrogen-bond acceptors (Lipinski definition) is 3. The maximum Gasteiger partial charge on any atom is 0.261 e. The van der Waals surface area contributed by atoms with Crippen LogP contribution in [0, 0.1) is 26.7 Å². The molecule has 0 fully saturated rings. The highest BCUT2D eigenvalue weighted by Crippen LogP contribution is 2.18. The summed E-state index contributed by atoms with van der Waals surface area (Å²) in [6.07, 6.45) is 0.533. The van der Waals surface area contributed by atoms with E-state index < -0.39 is 6.04 Å². The van der Waals surface area contributed by atoms with Crippen LogP contribution in [0.5, 0.6) is 5.75 Å². The number of aryl methyl sites for hydroxylation is 3. The van der Waals surface area contributed by atoms with Crippen LogP contribution < -0.4 is 10.1 Å². The van der Waals surface area contributed by atoms with Crippen molar-refractivity contribution < 1.29 is 14.3 Å². The summed E-state index contributed by atoms with van der Waals surface area (Å²) in [4.78, 5) is 27.8. The number of rotatable bonds is 10. The molecule has 0 heterocycles. The molecule has 31 heavy (non-hydrogen) atoms. The zero-order chi connectivity index (χ0) is 23.0. The van der Waals surface area contributed by atoms with Gasteiger partial charge in [-0.15, -0.1) is 0 Å². The highest BCUT2D eigenvalue weighted by molar-refractivity contribution is 5.88. The lowest BCUT2D eigenvalue weighted by atomic mass is 10.1. The molecule has 0 unspecified atom stereocenters. The van der Waals surface area contributed by atoms with E-state index in [9.17, 15) is 9.59 Å². The van der Waals surface area contributed by atoms with Gasteiger partial charge in [0, 0.05) is 13.1 Å². The summed E-state index contributed by atoms with van der Waals surface area (Å²) in [5, 5.41) is 2.98. The minimum atomic E-state index is -0.547. The van der Waals surface area contributed by atoms with E-state index in [2.05, 4.69) is 25.2 Å².